The molecule has 3 aromatic carbocycles. The molecule has 0 aliphatic carbocycles. The molecule has 3 aliphatic heterocycles. The Bertz CT molecular complexity index is 2280. The molecular weight excluding hydrogens is 808 g/mol. The van der Waals surface area contributed by atoms with Crippen molar-refractivity contribution in [1.29, 1.82) is 0 Å². The number of amides is 4. The lowest BCUT2D eigenvalue weighted by atomic mass is 9.95. The number of rotatable bonds is 14. The lowest BCUT2D eigenvalue weighted by Crippen LogP contribution is -2.59. The SMILES string of the molecule is COC(=O)NC(C(=O)N1CCCC1c1nc2ccc(C3CCC(c4ccc(NCC5(C=O)CCCN5C(=O)C(NC(=O)OC)C(C)C)cc4)N3c3ccc(F)cc3)cc2[nH]1)C(C)C. The van der Waals surface area contributed by atoms with Crippen molar-refractivity contribution in [2.24, 2.45) is 11.8 Å². The first-order valence-corrected chi connectivity index (χ1v) is 21.9. The summed E-state index contributed by atoms with van der Waals surface area (Å²) in [4.78, 5) is 78.6. The number of nitrogens with zero attached hydrogens (tertiary/aromatic N) is 4. The molecule has 0 saturated carbocycles. The van der Waals surface area contributed by atoms with Crippen LogP contribution in [0.2, 0.25) is 0 Å². The van der Waals surface area contributed by atoms with Gasteiger partial charge in [-0.05, 0) is 110 Å². The van der Waals surface area contributed by atoms with Crippen LogP contribution in [0, 0.1) is 17.7 Å². The van der Waals surface area contributed by atoms with Gasteiger partial charge in [0.25, 0.3) is 0 Å². The largest absolute Gasteiger partial charge is 0.453 e. The number of hydrogen-bond donors (Lipinski definition) is 4. The fraction of sp³-hybridized carbons (Fsp3) is 0.489. The van der Waals surface area contributed by atoms with Crippen LogP contribution >= 0.6 is 0 Å². The third-order valence-corrected chi connectivity index (χ3v) is 13.0. The van der Waals surface area contributed by atoms with Gasteiger partial charge in [-0.2, -0.15) is 0 Å². The van der Waals surface area contributed by atoms with Crippen LogP contribution in [0.1, 0.15) is 101 Å². The van der Waals surface area contributed by atoms with E-state index in [9.17, 15) is 28.4 Å². The highest BCUT2D eigenvalue weighted by atomic mass is 19.1. The van der Waals surface area contributed by atoms with E-state index < -0.39 is 29.8 Å². The van der Waals surface area contributed by atoms with Gasteiger partial charge in [-0.25, -0.2) is 19.0 Å². The summed E-state index contributed by atoms with van der Waals surface area (Å²) in [7, 11) is 2.53. The van der Waals surface area contributed by atoms with Crippen LogP contribution < -0.4 is 20.9 Å². The van der Waals surface area contributed by atoms with Gasteiger partial charge in [0.1, 0.15) is 35.6 Å². The van der Waals surface area contributed by atoms with Crippen LogP contribution in [-0.4, -0.2) is 102 Å². The zero-order valence-electron chi connectivity index (χ0n) is 36.9. The Balaban J connectivity index is 1.09. The van der Waals surface area contributed by atoms with Crippen molar-refractivity contribution in [2.75, 3.05) is 44.1 Å². The zero-order valence-corrected chi connectivity index (χ0v) is 36.9. The van der Waals surface area contributed by atoms with E-state index in [1.54, 1.807) is 9.80 Å². The minimum atomic E-state index is -1.08. The van der Waals surface area contributed by atoms with E-state index in [1.807, 2.05) is 58.0 Å². The number of H-pyrrole nitrogens is 1. The molecule has 0 bridgehead atoms. The first kappa shape index (κ1) is 44.9. The Morgan fingerprint density at radius 3 is 2.05 bits per heavy atom. The first-order valence-electron chi connectivity index (χ1n) is 21.9. The number of alkyl carbamates (subject to hydrolysis) is 2. The van der Waals surface area contributed by atoms with E-state index in [-0.39, 0.29) is 54.1 Å². The maximum Gasteiger partial charge on any atom is 0.407 e. The molecule has 3 fully saturated rings. The predicted molar refractivity (Wildman–Crippen MR) is 236 cm³/mol. The standard InChI is InChI=1S/C47H59FN8O7/c1-28(2)40(52-45(60)62-5)43(58)54-23-7-9-39(54)42-50-35-19-12-31(25-36(35)51-42)38-21-20-37(56(38)34-17-13-32(48)14-18-34)30-10-15-33(16-11-30)49-26-47(27-57)22-8-24-55(47)44(59)41(29(3)4)53-46(61)63-6/h10-19,25,27-29,37-41,49H,7-9,20-24,26H2,1-6H3,(H,50,51)(H,52,60)(H,53,61). The van der Waals surface area contributed by atoms with E-state index in [0.717, 1.165) is 65.5 Å². The number of benzene rings is 3. The minimum Gasteiger partial charge on any atom is -0.453 e. The number of carbonyl (C=O) groups is 5. The molecule has 0 radical (unpaired) electrons. The zero-order chi connectivity index (χ0) is 45.0. The molecule has 4 aromatic rings. The fourth-order valence-corrected chi connectivity index (χ4v) is 9.57. The first-order chi connectivity index (χ1) is 30.3. The predicted octanol–water partition coefficient (Wildman–Crippen LogP) is 7.18. The molecule has 336 valence electrons. The molecule has 6 unspecified atom stereocenters. The number of halogens is 1. The van der Waals surface area contributed by atoms with E-state index in [1.165, 1.54) is 26.4 Å². The second-order valence-corrected chi connectivity index (χ2v) is 17.6. The number of methoxy groups -OCH3 is 2. The van der Waals surface area contributed by atoms with E-state index in [4.69, 9.17) is 14.5 Å². The molecule has 4 amide bonds. The smallest absolute Gasteiger partial charge is 0.407 e. The summed E-state index contributed by atoms with van der Waals surface area (Å²) in [5.41, 5.74) is 4.37. The van der Waals surface area contributed by atoms with Gasteiger partial charge in [-0.3, -0.25) is 9.59 Å². The quantitative estimate of drug-likeness (QED) is 0.0950. The molecule has 0 spiro atoms. The second-order valence-electron chi connectivity index (χ2n) is 17.6. The Morgan fingerprint density at radius 1 is 0.810 bits per heavy atom. The van der Waals surface area contributed by atoms with Gasteiger partial charge in [-0.15, -0.1) is 0 Å². The van der Waals surface area contributed by atoms with Gasteiger partial charge in [0, 0.05) is 31.0 Å². The summed E-state index contributed by atoms with van der Waals surface area (Å²) >= 11 is 0. The number of hydrogen-bond acceptors (Lipinski definition) is 10. The Kier molecular flexibility index (Phi) is 13.6. The van der Waals surface area contributed by atoms with Crippen molar-refractivity contribution in [3.63, 3.8) is 0 Å². The highest BCUT2D eigenvalue weighted by molar-refractivity contribution is 5.90. The third kappa shape index (κ3) is 9.30. The van der Waals surface area contributed by atoms with Crippen LogP contribution in [0.4, 0.5) is 25.4 Å². The number of ether oxygens (including phenoxy) is 2. The van der Waals surface area contributed by atoms with Crippen LogP contribution in [0.25, 0.3) is 11.0 Å². The molecule has 4 heterocycles. The van der Waals surface area contributed by atoms with Crippen molar-refractivity contribution in [1.82, 2.24) is 30.4 Å². The summed E-state index contributed by atoms with van der Waals surface area (Å²) in [6.45, 7) is 8.61. The van der Waals surface area contributed by atoms with Crippen LogP contribution in [-0.2, 0) is 23.9 Å². The third-order valence-electron chi connectivity index (χ3n) is 13.0. The number of aldehydes is 1. The average molecular weight is 867 g/mol. The van der Waals surface area contributed by atoms with Gasteiger partial charge in [0.15, 0.2) is 0 Å². The number of anilines is 2. The summed E-state index contributed by atoms with van der Waals surface area (Å²) in [5.74, 6) is -0.470. The van der Waals surface area contributed by atoms with E-state index in [2.05, 4.69) is 50.1 Å². The molecule has 6 atom stereocenters. The highest BCUT2D eigenvalue weighted by Crippen LogP contribution is 2.47. The Morgan fingerprint density at radius 2 is 1.43 bits per heavy atom. The molecule has 16 heteroatoms. The van der Waals surface area contributed by atoms with Crippen molar-refractivity contribution in [3.05, 3.63) is 89.5 Å². The summed E-state index contributed by atoms with van der Waals surface area (Å²) in [6.07, 6.45) is 3.85. The molecule has 3 saturated heterocycles. The number of aromatic amines is 1. The van der Waals surface area contributed by atoms with Crippen LogP contribution in [0.3, 0.4) is 0 Å². The summed E-state index contributed by atoms with van der Waals surface area (Å²) < 4.78 is 23.8. The molecule has 15 nitrogen and oxygen atoms in total. The minimum absolute atomic E-state index is 0.0346. The highest BCUT2D eigenvalue weighted by Gasteiger charge is 2.46. The number of nitrogens with one attached hydrogen (secondary N) is 4. The van der Waals surface area contributed by atoms with Crippen molar-refractivity contribution < 1.29 is 37.8 Å². The number of fused-ring (bicyclic) bond motifs is 1. The average Bonchev–Trinajstić information content (AvgIpc) is 4.12. The number of likely N-dealkylation sites (tertiary alicyclic amines) is 2. The molecule has 63 heavy (non-hydrogen) atoms. The fourth-order valence-electron chi connectivity index (χ4n) is 9.57. The monoisotopic (exact) mass is 866 g/mol. The summed E-state index contributed by atoms with van der Waals surface area (Å²) in [5, 5.41) is 8.75. The van der Waals surface area contributed by atoms with Crippen LogP contribution in [0.5, 0.6) is 0 Å². The van der Waals surface area contributed by atoms with Crippen molar-refractivity contribution in [3.8, 4) is 0 Å². The Hall–Kier alpha value is -6.19. The van der Waals surface area contributed by atoms with Gasteiger partial charge in [0.2, 0.25) is 11.8 Å². The van der Waals surface area contributed by atoms with Crippen LogP contribution in [0.15, 0.2) is 66.7 Å². The topological polar surface area (TPSA) is 178 Å². The normalized spacial score (nSPS) is 22.0. The summed E-state index contributed by atoms with van der Waals surface area (Å²) in [6, 6.07) is 19.0. The van der Waals surface area contributed by atoms with E-state index >= 15 is 0 Å². The Labute approximate surface area is 367 Å². The molecule has 4 N–H and O–H groups in total. The van der Waals surface area contributed by atoms with Gasteiger partial charge < -0.3 is 49.9 Å². The van der Waals surface area contributed by atoms with Crippen molar-refractivity contribution in [2.45, 2.75) is 102 Å². The van der Waals surface area contributed by atoms with Gasteiger partial charge in [-0.1, -0.05) is 45.9 Å². The van der Waals surface area contributed by atoms with Gasteiger partial charge >= 0.3 is 12.2 Å². The van der Waals surface area contributed by atoms with Crippen molar-refractivity contribution >= 4 is 52.7 Å². The second kappa shape index (κ2) is 19.1. The maximum atomic E-state index is 14.3. The maximum absolute atomic E-state index is 14.3. The van der Waals surface area contributed by atoms with E-state index in [0.29, 0.717) is 31.8 Å². The lowest BCUT2D eigenvalue weighted by Gasteiger charge is -2.37. The molecule has 7 rings (SSSR count). The molecular formula is C47H59FN8O7. The lowest BCUT2D eigenvalue weighted by molar-refractivity contribution is -0.141. The number of aromatic nitrogens is 2. The number of imidazole rings is 1. The molecule has 1 aromatic heterocycles. The molecule has 3 aliphatic rings. The number of carbonyl (C=O) groups excluding carboxylic acids is 5. The van der Waals surface area contributed by atoms with Gasteiger partial charge in [0.05, 0.1) is 43.4 Å².